The van der Waals surface area contributed by atoms with Crippen LogP contribution in [0, 0.1) is 12.8 Å². The van der Waals surface area contributed by atoms with Crippen LogP contribution in [0.1, 0.15) is 50.2 Å². The van der Waals surface area contributed by atoms with Crippen LogP contribution in [0.5, 0.6) is 0 Å². The van der Waals surface area contributed by atoms with Crippen LogP contribution in [0.4, 0.5) is 0 Å². The smallest absolute Gasteiger partial charge is 0.320 e. The van der Waals surface area contributed by atoms with Gasteiger partial charge in [0.15, 0.2) is 5.82 Å². The highest BCUT2D eigenvalue weighted by molar-refractivity contribution is 5.73. The Morgan fingerprint density at radius 2 is 2.15 bits per heavy atom. The van der Waals surface area contributed by atoms with Crippen LogP contribution in [0.3, 0.4) is 0 Å². The Kier molecular flexibility index (Phi) is 3.74. The van der Waals surface area contributed by atoms with Crippen molar-refractivity contribution in [2.75, 3.05) is 0 Å². The molecular weight excluding hydrogens is 258 g/mol. The Balaban J connectivity index is 1.81. The molecule has 6 nitrogen and oxygen atoms in total. The number of aliphatic carboxylic acids is 1. The molecule has 1 aliphatic heterocycles. The molecule has 6 heteroatoms. The highest BCUT2D eigenvalue weighted by Crippen LogP contribution is 2.38. The molecule has 20 heavy (non-hydrogen) atoms. The van der Waals surface area contributed by atoms with Gasteiger partial charge in [0.2, 0.25) is 5.89 Å². The fraction of sp³-hybridized carbons (Fsp3) is 0.786. The van der Waals surface area contributed by atoms with E-state index in [1.165, 1.54) is 19.3 Å². The van der Waals surface area contributed by atoms with Crippen molar-refractivity contribution in [2.24, 2.45) is 5.92 Å². The third kappa shape index (κ3) is 2.57. The number of likely N-dealkylation sites (tertiary alicyclic amines) is 1. The zero-order chi connectivity index (χ0) is 14.1. The molecule has 2 aliphatic rings. The molecule has 1 saturated carbocycles. The summed E-state index contributed by atoms with van der Waals surface area (Å²) in [6.45, 7) is 2.24. The molecule has 2 heterocycles. The fourth-order valence-corrected chi connectivity index (χ4v) is 3.79. The van der Waals surface area contributed by atoms with Crippen LogP contribution in [0.25, 0.3) is 0 Å². The van der Waals surface area contributed by atoms with Gasteiger partial charge in [-0.15, -0.1) is 0 Å². The SMILES string of the molecule is Cc1nc(CN2C(C(=O)O)CCC3CCCCC32)no1. The van der Waals surface area contributed by atoms with Gasteiger partial charge in [-0.1, -0.05) is 18.0 Å². The number of rotatable bonds is 3. The van der Waals surface area contributed by atoms with Crippen molar-refractivity contribution < 1.29 is 14.4 Å². The van der Waals surface area contributed by atoms with Gasteiger partial charge in [0.05, 0.1) is 6.54 Å². The van der Waals surface area contributed by atoms with Crippen LogP contribution >= 0.6 is 0 Å². The average Bonchev–Trinajstić information content (AvgIpc) is 2.84. The molecule has 0 radical (unpaired) electrons. The molecule has 3 unspecified atom stereocenters. The minimum atomic E-state index is -0.728. The third-order valence-corrected chi connectivity index (χ3v) is 4.68. The number of nitrogens with zero attached hydrogens (tertiary/aromatic N) is 3. The van der Waals surface area contributed by atoms with Crippen molar-refractivity contribution in [3.8, 4) is 0 Å². The van der Waals surface area contributed by atoms with Crippen LogP contribution in [-0.2, 0) is 11.3 Å². The molecule has 2 fully saturated rings. The third-order valence-electron chi connectivity index (χ3n) is 4.68. The summed E-state index contributed by atoms with van der Waals surface area (Å²) < 4.78 is 5.00. The van der Waals surface area contributed by atoms with Gasteiger partial charge in [-0.2, -0.15) is 4.98 Å². The van der Waals surface area contributed by atoms with Gasteiger partial charge in [0.25, 0.3) is 0 Å². The number of aromatic nitrogens is 2. The molecule has 110 valence electrons. The molecule has 0 amide bonds. The van der Waals surface area contributed by atoms with E-state index in [4.69, 9.17) is 4.52 Å². The first-order valence-electron chi connectivity index (χ1n) is 7.43. The molecule has 1 aliphatic carbocycles. The van der Waals surface area contributed by atoms with Crippen LogP contribution in [0.15, 0.2) is 4.52 Å². The zero-order valence-corrected chi connectivity index (χ0v) is 11.8. The van der Waals surface area contributed by atoms with Gasteiger partial charge in [0.1, 0.15) is 6.04 Å². The zero-order valence-electron chi connectivity index (χ0n) is 11.8. The molecule has 3 rings (SSSR count). The van der Waals surface area contributed by atoms with Crippen molar-refractivity contribution in [3.05, 3.63) is 11.7 Å². The van der Waals surface area contributed by atoms with E-state index in [2.05, 4.69) is 15.0 Å². The quantitative estimate of drug-likeness (QED) is 0.911. The summed E-state index contributed by atoms with van der Waals surface area (Å²) >= 11 is 0. The van der Waals surface area contributed by atoms with Gasteiger partial charge in [-0.05, 0) is 31.6 Å². The lowest BCUT2D eigenvalue weighted by atomic mass is 9.76. The maximum atomic E-state index is 11.5. The predicted molar refractivity (Wildman–Crippen MR) is 71.0 cm³/mol. The number of fused-ring (bicyclic) bond motifs is 1. The first kappa shape index (κ1) is 13.5. The normalized spacial score (nSPS) is 30.9. The molecular formula is C14H21N3O3. The van der Waals surface area contributed by atoms with Crippen LogP contribution in [-0.4, -0.2) is 38.2 Å². The Bertz CT molecular complexity index is 488. The molecule has 3 atom stereocenters. The summed E-state index contributed by atoms with van der Waals surface area (Å²) in [7, 11) is 0. The summed E-state index contributed by atoms with van der Waals surface area (Å²) in [5, 5.41) is 13.4. The highest BCUT2D eigenvalue weighted by Gasteiger charge is 2.41. The molecule has 1 aromatic rings. The first-order chi connectivity index (χ1) is 9.65. The lowest BCUT2D eigenvalue weighted by Gasteiger charge is -2.46. The van der Waals surface area contributed by atoms with Crippen molar-refractivity contribution in [2.45, 2.75) is 64.1 Å². The van der Waals surface area contributed by atoms with Crippen molar-refractivity contribution >= 4 is 5.97 Å². The van der Waals surface area contributed by atoms with Crippen LogP contribution < -0.4 is 0 Å². The van der Waals surface area contributed by atoms with E-state index in [0.717, 1.165) is 19.3 Å². The number of carbonyl (C=O) groups is 1. The Hall–Kier alpha value is -1.43. The van der Waals surface area contributed by atoms with Crippen molar-refractivity contribution in [1.29, 1.82) is 0 Å². The van der Waals surface area contributed by atoms with Crippen molar-refractivity contribution in [3.63, 3.8) is 0 Å². The van der Waals surface area contributed by atoms with E-state index in [-0.39, 0.29) is 0 Å². The predicted octanol–water partition coefficient (Wildman–Crippen LogP) is 1.99. The number of carboxylic acids is 1. The summed E-state index contributed by atoms with van der Waals surface area (Å²) in [5.41, 5.74) is 0. The highest BCUT2D eigenvalue weighted by atomic mass is 16.5. The second-order valence-corrected chi connectivity index (χ2v) is 5.95. The summed E-state index contributed by atoms with van der Waals surface area (Å²) in [6, 6.07) is -0.0504. The average molecular weight is 279 g/mol. The fourth-order valence-electron chi connectivity index (χ4n) is 3.79. The Labute approximate surface area is 118 Å². The maximum absolute atomic E-state index is 11.5. The molecule has 1 saturated heterocycles. The van der Waals surface area contributed by atoms with E-state index < -0.39 is 12.0 Å². The van der Waals surface area contributed by atoms with E-state index in [9.17, 15) is 9.90 Å². The number of aryl methyl sites for hydroxylation is 1. The number of hydrogen-bond donors (Lipinski definition) is 1. The second kappa shape index (κ2) is 5.52. The standard InChI is InChI=1S/C14H21N3O3/c1-9-15-13(16-20-9)8-17-11-5-3-2-4-10(11)6-7-12(17)14(18)19/h10-12H,2-8H2,1H3,(H,18,19). The first-order valence-corrected chi connectivity index (χ1v) is 7.43. The number of hydrogen-bond acceptors (Lipinski definition) is 5. The van der Waals surface area contributed by atoms with Gasteiger partial charge in [-0.3, -0.25) is 9.69 Å². The summed E-state index contributed by atoms with van der Waals surface area (Å²) in [5.74, 6) is 1.03. The lowest BCUT2D eigenvalue weighted by Crippen LogP contribution is -2.54. The number of piperidine rings is 1. The minimum Gasteiger partial charge on any atom is -0.480 e. The Morgan fingerprint density at radius 3 is 2.85 bits per heavy atom. The van der Waals surface area contributed by atoms with Gasteiger partial charge in [-0.25, -0.2) is 0 Å². The minimum absolute atomic E-state index is 0.359. The van der Waals surface area contributed by atoms with Gasteiger partial charge in [0, 0.05) is 13.0 Å². The maximum Gasteiger partial charge on any atom is 0.320 e. The largest absolute Gasteiger partial charge is 0.480 e. The molecule has 0 spiro atoms. The molecule has 1 N–H and O–H groups in total. The van der Waals surface area contributed by atoms with E-state index in [1.54, 1.807) is 6.92 Å². The molecule has 1 aromatic heterocycles. The summed E-state index contributed by atoms with van der Waals surface area (Å²) in [4.78, 5) is 17.8. The van der Waals surface area contributed by atoms with E-state index in [1.807, 2.05) is 0 Å². The van der Waals surface area contributed by atoms with Gasteiger partial charge < -0.3 is 9.63 Å². The monoisotopic (exact) mass is 279 g/mol. The molecule has 0 aromatic carbocycles. The topological polar surface area (TPSA) is 79.5 Å². The number of carboxylic acid groups (broad SMARTS) is 1. The van der Waals surface area contributed by atoms with Crippen LogP contribution in [0.2, 0.25) is 0 Å². The van der Waals surface area contributed by atoms with Crippen molar-refractivity contribution in [1.82, 2.24) is 15.0 Å². The van der Waals surface area contributed by atoms with E-state index in [0.29, 0.717) is 30.2 Å². The summed E-state index contributed by atoms with van der Waals surface area (Å²) in [6.07, 6.45) is 6.53. The van der Waals surface area contributed by atoms with E-state index >= 15 is 0 Å². The second-order valence-electron chi connectivity index (χ2n) is 5.95. The van der Waals surface area contributed by atoms with Gasteiger partial charge >= 0.3 is 5.97 Å². The Morgan fingerprint density at radius 1 is 1.35 bits per heavy atom. The molecule has 0 bridgehead atoms. The lowest BCUT2D eigenvalue weighted by molar-refractivity contribution is -0.148.